The van der Waals surface area contributed by atoms with Gasteiger partial charge in [0.2, 0.25) is 0 Å². The first-order valence-corrected chi connectivity index (χ1v) is 7.31. The molecule has 1 atom stereocenters. The van der Waals surface area contributed by atoms with Gasteiger partial charge in [-0.1, -0.05) is 54.1 Å². The summed E-state index contributed by atoms with van der Waals surface area (Å²) in [5.41, 5.74) is 2.31. The molecule has 2 aromatic rings. The van der Waals surface area contributed by atoms with Crippen molar-refractivity contribution in [1.82, 2.24) is 0 Å². The van der Waals surface area contributed by atoms with Crippen LogP contribution in [-0.4, -0.2) is 7.11 Å². The lowest BCUT2D eigenvalue weighted by Crippen LogP contribution is -2.00. The predicted molar refractivity (Wildman–Crippen MR) is 81.9 cm³/mol. The minimum atomic E-state index is 0.234. The fourth-order valence-electron chi connectivity index (χ4n) is 2.18. The summed E-state index contributed by atoms with van der Waals surface area (Å²) in [5.74, 6) is 0.884. The van der Waals surface area contributed by atoms with Gasteiger partial charge in [-0.3, -0.25) is 0 Å². The van der Waals surface area contributed by atoms with Gasteiger partial charge in [0.15, 0.2) is 0 Å². The summed E-state index contributed by atoms with van der Waals surface area (Å²) in [6, 6.07) is 16.4. The quantitative estimate of drug-likeness (QED) is 0.758. The summed E-state index contributed by atoms with van der Waals surface area (Å²) < 4.78 is 5.44. The molecule has 1 unspecified atom stereocenters. The molecule has 0 N–H and O–H groups in total. The first-order valence-electron chi connectivity index (χ1n) is 6.06. The van der Waals surface area contributed by atoms with Crippen molar-refractivity contribution in [2.45, 2.75) is 10.1 Å². The van der Waals surface area contributed by atoms with Gasteiger partial charge in [0.05, 0.1) is 17.3 Å². The zero-order valence-corrected chi connectivity index (χ0v) is 12.0. The zero-order chi connectivity index (χ0) is 13.2. The molecular weight excluding hydrogens is 276 g/mol. The molecule has 0 aliphatic carbocycles. The Morgan fingerprint density at radius 1 is 1.05 bits per heavy atom. The number of hydrogen-bond acceptors (Lipinski definition) is 2. The number of halogens is 1. The number of ether oxygens (including phenoxy) is 1. The third kappa shape index (κ3) is 2.38. The largest absolute Gasteiger partial charge is 0.496 e. The van der Waals surface area contributed by atoms with E-state index in [0.717, 1.165) is 21.2 Å². The van der Waals surface area contributed by atoms with E-state index in [2.05, 4.69) is 30.3 Å². The van der Waals surface area contributed by atoms with Crippen molar-refractivity contribution in [2.75, 3.05) is 7.11 Å². The standard InChI is InChI=1S/C16H13ClOS/c1-18-14-9-5-8-12-13(17)10-15(19-16(12)14)11-6-3-2-4-7-11/h2-10,15H,1H3. The Morgan fingerprint density at radius 2 is 1.84 bits per heavy atom. The number of rotatable bonds is 2. The second-order valence-corrected chi connectivity index (χ2v) is 5.86. The molecule has 0 aromatic heterocycles. The van der Waals surface area contributed by atoms with Crippen LogP contribution in [0, 0.1) is 0 Å². The average molecular weight is 289 g/mol. The maximum Gasteiger partial charge on any atom is 0.133 e. The van der Waals surface area contributed by atoms with Crippen LogP contribution in [0.1, 0.15) is 16.4 Å². The Morgan fingerprint density at radius 3 is 2.58 bits per heavy atom. The highest BCUT2D eigenvalue weighted by atomic mass is 35.5. The van der Waals surface area contributed by atoms with Gasteiger partial charge < -0.3 is 4.74 Å². The van der Waals surface area contributed by atoms with E-state index < -0.39 is 0 Å². The predicted octanol–water partition coefficient (Wildman–Crippen LogP) is 5.12. The van der Waals surface area contributed by atoms with Crippen LogP contribution in [0.15, 0.2) is 59.5 Å². The molecule has 0 saturated carbocycles. The van der Waals surface area contributed by atoms with Gasteiger partial charge in [0.1, 0.15) is 5.75 Å². The van der Waals surface area contributed by atoms with E-state index in [1.54, 1.807) is 18.9 Å². The number of fused-ring (bicyclic) bond motifs is 1. The topological polar surface area (TPSA) is 9.23 Å². The van der Waals surface area contributed by atoms with Crippen LogP contribution in [0.25, 0.3) is 5.03 Å². The van der Waals surface area contributed by atoms with E-state index in [0.29, 0.717) is 0 Å². The molecule has 0 amide bonds. The van der Waals surface area contributed by atoms with Crippen molar-refractivity contribution in [3.63, 3.8) is 0 Å². The van der Waals surface area contributed by atoms with E-state index in [-0.39, 0.29) is 5.25 Å². The summed E-state index contributed by atoms with van der Waals surface area (Å²) in [7, 11) is 1.69. The summed E-state index contributed by atoms with van der Waals surface area (Å²) in [4.78, 5) is 1.12. The number of methoxy groups -OCH3 is 1. The Kier molecular flexibility index (Phi) is 3.54. The van der Waals surface area contributed by atoms with Gasteiger partial charge in [-0.05, 0) is 17.7 Å². The molecule has 1 nitrogen and oxygen atoms in total. The molecule has 0 fully saturated rings. The number of benzene rings is 2. The van der Waals surface area contributed by atoms with Gasteiger partial charge in [-0.15, -0.1) is 11.8 Å². The van der Waals surface area contributed by atoms with Crippen LogP contribution in [-0.2, 0) is 0 Å². The fraction of sp³-hybridized carbons (Fsp3) is 0.125. The van der Waals surface area contributed by atoms with Gasteiger partial charge in [-0.25, -0.2) is 0 Å². The van der Waals surface area contributed by atoms with Crippen molar-refractivity contribution >= 4 is 28.4 Å². The molecule has 3 rings (SSSR count). The third-order valence-corrected chi connectivity index (χ3v) is 4.78. The maximum absolute atomic E-state index is 6.41. The van der Waals surface area contributed by atoms with Crippen LogP contribution in [0.5, 0.6) is 5.75 Å². The Labute approximate surface area is 122 Å². The maximum atomic E-state index is 6.41. The van der Waals surface area contributed by atoms with E-state index in [1.807, 2.05) is 24.3 Å². The first-order chi connectivity index (χ1) is 9.29. The van der Waals surface area contributed by atoms with Crippen LogP contribution >= 0.6 is 23.4 Å². The molecule has 0 saturated heterocycles. The highest BCUT2D eigenvalue weighted by Gasteiger charge is 2.23. The second kappa shape index (κ2) is 5.32. The van der Waals surface area contributed by atoms with Crippen molar-refractivity contribution in [3.05, 3.63) is 65.7 Å². The van der Waals surface area contributed by atoms with Crippen molar-refractivity contribution in [3.8, 4) is 5.75 Å². The lowest BCUT2D eigenvalue weighted by atomic mass is 10.1. The SMILES string of the molecule is COc1cccc2c1SC(c1ccccc1)C=C2Cl. The minimum Gasteiger partial charge on any atom is -0.496 e. The molecule has 19 heavy (non-hydrogen) atoms. The molecular formula is C16H13ClOS. The van der Waals surface area contributed by atoms with E-state index >= 15 is 0 Å². The third-order valence-electron chi connectivity index (χ3n) is 3.13. The zero-order valence-electron chi connectivity index (χ0n) is 10.5. The highest BCUT2D eigenvalue weighted by Crippen LogP contribution is 2.50. The fourth-order valence-corrected chi connectivity index (χ4v) is 3.91. The van der Waals surface area contributed by atoms with Gasteiger partial charge in [0.25, 0.3) is 0 Å². The summed E-state index contributed by atoms with van der Waals surface area (Å²) >= 11 is 8.19. The average Bonchev–Trinajstić information content (AvgIpc) is 2.47. The van der Waals surface area contributed by atoms with Crippen LogP contribution < -0.4 is 4.74 Å². The second-order valence-electron chi connectivity index (χ2n) is 4.30. The molecule has 0 spiro atoms. The molecule has 1 heterocycles. The number of hydrogen-bond donors (Lipinski definition) is 0. The van der Waals surface area contributed by atoms with Gasteiger partial charge in [0, 0.05) is 10.6 Å². The van der Waals surface area contributed by atoms with Gasteiger partial charge >= 0.3 is 0 Å². The normalized spacial score (nSPS) is 17.6. The number of thioether (sulfide) groups is 1. The van der Waals surface area contributed by atoms with Crippen molar-refractivity contribution in [1.29, 1.82) is 0 Å². The van der Waals surface area contributed by atoms with E-state index in [9.17, 15) is 0 Å². The molecule has 96 valence electrons. The molecule has 2 aromatic carbocycles. The molecule has 1 aliphatic heterocycles. The lowest BCUT2D eigenvalue weighted by Gasteiger charge is -2.23. The Bertz CT molecular complexity index is 622. The molecule has 3 heteroatoms. The van der Waals surface area contributed by atoms with Gasteiger partial charge in [-0.2, -0.15) is 0 Å². The van der Waals surface area contributed by atoms with Crippen LogP contribution in [0.4, 0.5) is 0 Å². The monoisotopic (exact) mass is 288 g/mol. The molecule has 0 radical (unpaired) electrons. The van der Waals surface area contributed by atoms with Crippen molar-refractivity contribution < 1.29 is 4.74 Å². The summed E-state index contributed by atoms with van der Waals surface area (Å²) in [5, 5.41) is 1.03. The summed E-state index contributed by atoms with van der Waals surface area (Å²) in [6.07, 6.45) is 2.10. The smallest absolute Gasteiger partial charge is 0.133 e. The highest BCUT2D eigenvalue weighted by molar-refractivity contribution is 8.00. The van der Waals surface area contributed by atoms with E-state index in [1.165, 1.54) is 5.56 Å². The van der Waals surface area contributed by atoms with E-state index in [4.69, 9.17) is 16.3 Å². The minimum absolute atomic E-state index is 0.234. The Hall–Kier alpha value is -1.38. The van der Waals surface area contributed by atoms with Crippen LogP contribution in [0.2, 0.25) is 0 Å². The molecule has 1 aliphatic rings. The lowest BCUT2D eigenvalue weighted by molar-refractivity contribution is 0.404. The van der Waals surface area contributed by atoms with Crippen molar-refractivity contribution in [2.24, 2.45) is 0 Å². The molecule has 0 bridgehead atoms. The summed E-state index contributed by atoms with van der Waals surface area (Å²) in [6.45, 7) is 0. The Balaban J connectivity index is 2.05. The first kappa shape index (κ1) is 12.6. The van der Waals surface area contributed by atoms with Crippen LogP contribution in [0.3, 0.4) is 0 Å².